The maximum Gasteiger partial charge on any atom is 0.111 e. The molecular formula is C58H120O6. The van der Waals surface area contributed by atoms with Gasteiger partial charge in [-0.15, -0.1) is 0 Å². The summed E-state index contributed by atoms with van der Waals surface area (Å²) in [6.07, 6.45) is 59.3. The molecule has 0 saturated carbocycles. The molecule has 0 aliphatic rings. The molecule has 0 amide bonds. The van der Waals surface area contributed by atoms with Gasteiger partial charge in [0.05, 0.1) is 32.5 Å². The van der Waals surface area contributed by atoms with Gasteiger partial charge in [0, 0.05) is 0 Å². The van der Waals surface area contributed by atoms with Gasteiger partial charge in [-0.05, 0) is 25.7 Å². The Bertz CT molecular complexity index is 796. The minimum absolute atomic E-state index is 0.0109. The molecule has 388 valence electrons. The molecule has 0 spiro atoms. The average Bonchev–Trinajstić information content (AvgIpc) is 3.30. The van der Waals surface area contributed by atoms with E-state index in [0.29, 0.717) is 12.8 Å². The van der Waals surface area contributed by atoms with E-state index in [2.05, 4.69) is 27.7 Å². The molecule has 64 heavy (non-hydrogen) atoms. The summed E-state index contributed by atoms with van der Waals surface area (Å²) in [5, 5.41) is 51.0. The third-order valence-corrected chi connectivity index (χ3v) is 13.9. The van der Waals surface area contributed by atoms with Crippen molar-refractivity contribution in [2.45, 2.75) is 347 Å². The molecule has 0 saturated heterocycles. The molecule has 3 unspecified atom stereocenters. The average molecular weight is 914 g/mol. The van der Waals surface area contributed by atoms with E-state index in [-0.39, 0.29) is 32.5 Å². The first kappa shape index (κ1) is 65.8. The van der Waals surface area contributed by atoms with Crippen LogP contribution in [0.1, 0.15) is 329 Å². The second-order valence-electron chi connectivity index (χ2n) is 20.8. The maximum atomic E-state index is 10.8. The van der Waals surface area contributed by atoms with Gasteiger partial charge in [-0.3, -0.25) is 0 Å². The third kappa shape index (κ3) is 51.2. The number of rotatable bonds is 53. The van der Waals surface area contributed by atoms with E-state index in [1.54, 1.807) is 0 Å². The first-order chi connectivity index (χ1) is 31.3. The molecule has 0 aliphatic carbocycles. The van der Waals surface area contributed by atoms with Crippen LogP contribution in [0, 0.1) is 0 Å². The summed E-state index contributed by atoms with van der Waals surface area (Å²) in [4.78, 5) is 0. The van der Waals surface area contributed by atoms with Crippen LogP contribution >= 0.6 is 0 Å². The van der Waals surface area contributed by atoms with E-state index in [4.69, 9.17) is 4.74 Å². The number of hydrogen-bond acceptors (Lipinski definition) is 6. The van der Waals surface area contributed by atoms with Crippen molar-refractivity contribution in [3.8, 4) is 0 Å². The number of unbranched alkanes of at least 4 members (excludes halogenated alkanes) is 39. The molecule has 0 aromatic heterocycles. The topological polar surface area (TPSA) is 110 Å². The largest absolute Gasteiger partial charge is 0.393 e. The van der Waals surface area contributed by atoms with Gasteiger partial charge in [0.25, 0.3) is 0 Å². The van der Waals surface area contributed by atoms with Crippen LogP contribution in [0.4, 0.5) is 0 Å². The van der Waals surface area contributed by atoms with Crippen LogP contribution < -0.4 is 0 Å². The number of aliphatic hydroxyl groups excluding tert-OH is 3. The zero-order valence-corrected chi connectivity index (χ0v) is 44.3. The summed E-state index contributed by atoms with van der Waals surface area (Å²) in [5.41, 5.74) is -2.55. The van der Waals surface area contributed by atoms with Crippen molar-refractivity contribution >= 4 is 0 Å². The SMILES string of the molecule is CCCCCCCCCCCC(O)CCCCCCCC.CCCCCCCCCCCCCCCCC(O)(CO)COCC(O)(CO)CCCCCCCCCCCCCCCC. The zero-order valence-electron chi connectivity index (χ0n) is 44.3. The molecule has 3 atom stereocenters. The fourth-order valence-electron chi connectivity index (χ4n) is 9.12. The van der Waals surface area contributed by atoms with Crippen LogP contribution in [0.5, 0.6) is 0 Å². The molecule has 0 fully saturated rings. The lowest BCUT2D eigenvalue weighted by Gasteiger charge is -2.30. The maximum absolute atomic E-state index is 10.8. The second kappa shape index (κ2) is 53.7. The van der Waals surface area contributed by atoms with Crippen molar-refractivity contribution < 1.29 is 30.3 Å². The molecule has 0 bridgehead atoms. The van der Waals surface area contributed by atoms with Crippen molar-refractivity contribution in [1.82, 2.24) is 0 Å². The predicted octanol–water partition coefficient (Wildman–Crippen LogP) is 17.2. The van der Waals surface area contributed by atoms with Gasteiger partial charge in [-0.25, -0.2) is 0 Å². The van der Waals surface area contributed by atoms with Crippen LogP contribution in [0.2, 0.25) is 0 Å². The molecule has 0 heterocycles. The Kier molecular flexibility index (Phi) is 55.3. The highest BCUT2D eigenvalue weighted by Gasteiger charge is 2.30. The van der Waals surface area contributed by atoms with Crippen molar-refractivity contribution in [2.75, 3.05) is 26.4 Å². The number of aliphatic hydroxyl groups is 5. The summed E-state index contributed by atoms with van der Waals surface area (Å²) >= 11 is 0. The summed E-state index contributed by atoms with van der Waals surface area (Å²) in [6.45, 7) is 8.36. The Morgan fingerprint density at radius 3 is 0.688 bits per heavy atom. The zero-order chi connectivity index (χ0) is 47.3. The molecule has 6 nitrogen and oxygen atoms in total. The van der Waals surface area contributed by atoms with Crippen molar-refractivity contribution in [2.24, 2.45) is 0 Å². The molecule has 0 radical (unpaired) electrons. The minimum atomic E-state index is -1.28. The van der Waals surface area contributed by atoms with E-state index >= 15 is 0 Å². The Morgan fingerprint density at radius 1 is 0.297 bits per heavy atom. The number of hydrogen-bond donors (Lipinski definition) is 5. The Labute approximate surface area is 402 Å². The van der Waals surface area contributed by atoms with Crippen molar-refractivity contribution in [1.29, 1.82) is 0 Å². The van der Waals surface area contributed by atoms with Crippen molar-refractivity contribution in [3.63, 3.8) is 0 Å². The monoisotopic (exact) mass is 913 g/mol. The molecule has 0 aromatic rings. The van der Waals surface area contributed by atoms with Gasteiger partial charge in [0.15, 0.2) is 0 Å². The van der Waals surface area contributed by atoms with E-state index in [9.17, 15) is 25.5 Å². The second-order valence-corrected chi connectivity index (χ2v) is 20.8. The van der Waals surface area contributed by atoms with Gasteiger partial charge >= 0.3 is 0 Å². The highest BCUT2D eigenvalue weighted by Crippen LogP contribution is 2.22. The van der Waals surface area contributed by atoms with Gasteiger partial charge in [0.2, 0.25) is 0 Å². The number of ether oxygens (including phenoxy) is 1. The van der Waals surface area contributed by atoms with Gasteiger partial charge in [-0.2, -0.15) is 0 Å². The quantitative estimate of drug-likeness (QED) is 0.0389. The standard InChI is InChI=1S/C38H78O5.C20H42O/c1-3-5-7-9-11-13-15-17-19-21-23-25-27-29-31-37(41,33-39)35-43-36-38(42,34-40)32-30-28-26-24-22-20-18-16-14-12-10-8-6-4-2;1-3-5-7-9-11-12-13-15-17-19-20(21)18-16-14-10-8-6-4-2/h39-42H,3-36H2,1-2H3;20-21H,3-19H2,1-2H3. The van der Waals surface area contributed by atoms with E-state index in [0.717, 1.165) is 38.5 Å². The smallest absolute Gasteiger partial charge is 0.111 e. The van der Waals surface area contributed by atoms with E-state index in [1.165, 1.54) is 250 Å². The van der Waals surface area contributed by atoms with Gasteiger partial charge in [0.1, 0.15) is 11.2 Å². The lowest BCUT2D eigenvalue weighted by molar-refractivity contribution is -0.129. The Morgan fingerprint density at radius 2 is 0.484 bits per heavy atom. The van der Waals surface area contributed by atoms with Crippen molar-refractivity contribution in [3.05, 3.63) is 0 Å². The minimum Gasteiger partial charge on any atom is -0.393 e. The lowest BCUT2D eigenvalue weighted by Crippen LogP contribution is -2.43. The Balaban J connectivity index is 0. The molecule has 0 aliphatic heterocycles. The van der Waals surface area contributed by atoms with Crippen LogP contribution in [0.25, 0.3) is 0 Å². The summed E-state index contributed by atoms with van der Waals surface area (Å²) in [6, 6.07) is 0. The van der Waals surface area contributed by atoms with Gasteiger partial charge < -0.3 is 30.3 Å². The van der Waals surface area contributed by atoms with Crippen LogP contribution in [0.15, 0.2) is 0 Å². The van der Waals surface area contributed by atoms with Crippen LogP contribution in [0.3, 0.4) is 0 Å². The first-order valence-electron chi connectivity index (χ1n) is 29.2. The fourth-order valence-corrected chi connectivity index (χ4v) is 9.12. The first-order valence-corrected chi connectivity index (χ1v) is 29.2. The van der Waals surface area contributed by atoms with E-state index in [1.807, 2.05) is 0 Å². The van der Waals surface area contributed by atoms with Gasteiger partial charge in [-0.1, -0.05) is 304 Å². The van der Waals surface area contributed by atoms with E-state index < -0.39 is 11.2 Å². The van der Waals surface area contributed by atoms with Crippen LogP contribution in [-0.2, 0) is 4.74 Å². The fraction of sp³-hybridized carbons (Fsp3) is 1.00. The Hall–Kier alpha value is -0.240. The summed E-state index contributed by atoms with van der Waals surface area (Å²) in [7, 11) is 0. The summed E-state index contributed by atoms with van der Waals surface area (Å²) < 4.78 is 5.66. The van der Waals surface area contributed by atoms with Crippen LogP contribution in [-0.4, -0.2) is 69.3 Å². The molecule has 6 heteroatoms. The highest BCUT2D eigenvalue weighted by atomic mass is 16.5. The molecule has 0 rings (SSSR count). The normalized spacial score (nSPS) is 14.0. The molecule has 0 aromatic carbocycles. The molecular weight excluding hydrogens is 793 g/mol. The highest BCUT2D eigenvalue weighted by molar-refractivity contribution is 4.81. The predicted molar refractivity (Wildman–Crippen MR) is 281 cm³/mol. The molecule has 5 N–H and O–H groups in total. The summed E-state index contributed by atoms with van der Waals surface area (Å²) in [5.74, 6) is 0. The lowest BCUT2D eigenvalue weighted by atomic mass is 9.95. The third-order valence-electron chi connectivity index (χ3n) is 13.9.